The van der Waals surface area contributed by atoms with Crippen LogP contribution < -0.4 is 10.1 Å². The molecule has 168 valence electrons. The number of rotatable bonds is 11. The second kappa shape index (κ2) is 12.4. The van der Waals surface area contributed by atoms with E-state index in [1.165, 1.54) is 11.8 Å². The first-order chi connectivity index (χ1) is 15.1. The number of ether oxygens (including phenoxy) is 1. The van der Waals surface area contributed by atoms with Crippen molar-refractivity contribution >= 4 is 16.7 Å². The molecule has 2 aromatic rings. The van der Waals surface area contributed by atoms with Crippen molar-refractivity contribution in [3.63, 3.8) is 0 Å². The normalized spacial score (nSPS) is 16.4. The Hall–Kier alpha value is -2.49. The molecule has 1 aliphatic heterocycles. The van der Waals surface area contributed by atoms with Crippen molar-refractivity contribution in [3.8, 4) is 5.88 Å². The third-order valence-electron chi connectivity index (χ3n) is 4.89. The molecule has 3 heterocycles. The third kappa shape index (κ3) is 8.64. The first kappa shape index (κ1) is 23.2. The molecule has 1 unspecified atom stereocenters. The minimum absolute atomic E-state index is 0.0466. The van der Waals surface area contributed by atoms with Crippen LogP contribution in [0.5, 0.6) is 5.88 Å². The van der Waals surface area contributed by atoms with Gasteiger partial charge in [0, 0.05) is 62.3 Å². The zero-order valence-corrected chi connectivity index (χ0v) is 18.7. The number of carbonyl (C=O) groups excluding carboxylic acids is 1. The summed E-state index contributed by atoms with van der Waals surface area (Å²) in [6.45, 7) is 5.95. The summed E-state index contributed by atoms with van der Waals surface area (Å²) in [4.78, 5) is 20.9. The van der Waals surface area contributed by atoms with Crippen LogP contribution in [0, 0.1) is 0 Å². The number of hydrogen-bond donors (Lipinski definition) is 1. The van der Waals surface area contributed by atoms with Crippen molar-refractivity contribution in [1.82, 2.24) is 20.1 Å². The summed E-state index contributed by atoms with van der Waals surface area (Å²) >= 11 is 0. The predicted octanol–water partition coefficient (Wildman–Crippen LogP) is 1.42. The Morgan fingerprint density at radius 2 is 2.13 bits per heavy atom. The highest BCUT2D eigenvalue weighted by Crippen LogP contribution is 2.13. The van der Waals surface area contributed by atoms with Gasteiger partial charge in [0.25, 0.3) is 0 Å². The van der Waals surface area contributed by atoms with Crippen LogP contribution in [-0.4, -0.2) is 77.0 Å². The van der Waals surface area contributed by atoms with Crippen molar-refractivity contribution in [2.45, 2.75) is 12.3 Å². The van der Waals surface area contributed by atoms with E-state index in [9.17, 15) is 9.00 Å². The van der Waals surface area contributed by atoms with Crippen molar-refractivity contribution in [1.29, 1.82) is 0 Å². The zero-order chi connectivity index (χ0) is 21.9. The maximum Gasteiger partial charge on any atom is 0.232 e. The molecule has 9 heteroatoms. The number of aromatic nitrogens is 1. The number of nitrogens with zero attached hydrogens (tertiary/aromatic N) is 3. The molecule has 2 aromatic heterocycles. The molecule has 8 nitrogen and oxygen atoms in total. The summed E-state index contributed by atoms with van der Waals surface area (Å²) in [5.41, 5.74) is 1.19. The van der Waals surface area contributed by atoms with Gasteiger partial charge in [-0.25, -0.2) is 4.98 Å². The van der Waals surface area contributed by atoms with Crippen LogP contribution in [0.1, 0.15) is 11.3 Å². The van der Waals surface area contributed by atoms with E-state index in [0.717, 1.165) is 32.7 Å². The number of pyridine rings is 1. The van der Waals surface area contributed by atoms with Gasteiger partial charge in [0.1, 0.15) is 18.1 Å². The van der Waals surface area contributed by atoms with Crippen LogP contribution >= 0.6 is 0 Å². The lowest BCUT2D eigenvalue weighted by Crippen LogP contribution is -2.43. The maximum atomic E-state index is 11.9. The van der Waals surface area contributed by atoms with Gasteiger partial charge < -0.3 is 19.4 Å². The van der Waals surface area contributed by atoms with Crippen LogP contribution in [0.3, 0.4) is 0 Å². The Kier molecular flexibility index (Phi) is 9.26. The lowest BCUT2D eigenvalue weighted by molar-refractivity contribution is -0.118. The number of likely N-dealkylation sites (N-methyl/N-ethyl adjacent to an activating group) is 1. The fourth-order valence-electron chi connectivity index (χ4n) is 3.15. The molecular formula is C22H30N4O4S. The van der Waals surface area contributed by atoms with Gasteiger partial charge in [-0.2, -0.15) is 0 Å². The second-order valence-electron chi connectivity index (χ2n) is 7.48. The molecule has 31 heavy (non-hydrogen) atoms. The Balaban J connectivity index is 1.30. The molecular weight excluding hydrogens is 416 g/mol. The Morgan fingerprint density at radius 3 is 2.90 bits per heavy atom. The molecule has 0 aromatic carbocycles. The Labute approximate surface area is 185 Å². The molecule has 0 spiro atoms. The number of nitrogens with one attached hydrogen (secondary N) is 1. The number of carbonyl (C=O) groups is 1. The summed E-state index contributed by atoms with van der Waals surface area (Å²) in [5.74, 6) is 1.15. The van der Waals surface area contributed by atoms with E-state index in [4.69, 9.17) is 9.15 Å². The third-order valence-corrected chi connectivity index (χ3v) is 6.08. The van der Waals surface area contributed by atoms with Gasteiger partial charge in [-0.3, -0.25) is 13.9 Å². The molecule has 1 N–H and O–H groups in total. The molecule has 0 bridgehead atoms. The van der Waals surface area contributed by atoms with E-state index in [1.54, 1.807) is 24.4 Å². The van der Waals surface area contributed by atoms with Crippen LogP contribution in [0.2, 0.25) is 0 Å². The Bertz CT molecular complexity index is 864. The molecule has 0 radical (unpaired) electrons. The first-order valence-electron chi connectivity index (χ1n) is 10.4. The van der Waals surface area contributed by atoms with Gasteiger partial charge in [0.05, 0.1) is 12.0 Å². The Morgan fingerprint density at radius 1 is 1.29 bits per heavy atom. The molecule has 1 amide bonds. The molecule has 0 aliphatic carbocycles. The highest BCUT2D eigenvalue weighted by molar-refractivity contribution is 7.84. The summed E-state index contributed by atoms with van der Waals surface area (Å²) in [6.07, 6.45) is 6.93. The fourth-order valence-corrected chi connectivity index (χ4v) is 4.13. The molecule has 1 aliphatic rings. The van der Waals surface area contributed by atoms with Crippen molar-refractivity contribution < 1.29 is 18.2 Å². The van der Waals surface area contributed by atoms with Crippen molar-refractivity contribution in [2.24, 2.45) is 0 Å². The van der Waals surface area contributed by atoms with Gasteiger partial charge in [-0.1, -0.05) is 6.08 Å². The van der Waals surface area contributed by atoms with E-state index in [2.05, 4.69) is 27.1 Å². The highest BCUT2D eigenvalue weighted by atomic mass is 32.2. The monoisotopic (exact) mass is 446 g/mol. The van der Waals surface area contributed by atoms with Crippen molar-refractivity contribution in [2.75, 3.05) is 52.1 Å². The van der Waals surface area contributed by atoms with E-state index >= 15 is 0 Å². The van der Waals surface area contributed by atoms with E-state index in [-0.39, 0.29) is 17.4 Å². The second-order valence-corrected chi connectivity index (χ2v) is 8.93. The first-order valence-corrected chi connectivity index (χ1v) is 11.8. The topological polar surface area (TPSA) is 87.9 Å². The van der Waals surface area contributed by atoms with E-state index in [0.29, 0.717) is 24.8 Å². The highest BCUT2D eigenvalue weighted by Gasteiger charge is 2.14. The molecule has 1 fully saturated rings. The minimum atomic E-state index is -1.29. The van der Waals surface area contributed by atoms with Crippen molar-refractivity contribution in [3.05, 3.63) is 60.2 Å². The lowest BCUT2D eigenvalue weighted by Gasteiger charge is -2.32. The van der Waals surface area contributed by atoms with Gasteiger partial charge >= 0.3 is 0 Å². The number of hydrogen-bond acceptors (Lipinski definition) is 7. The lowest BCUT2D eigenvalue weighted by atomic mass is 10.2. The summed E-state index contributed by atoms with van der Waals surface area (Å²) in [7, 11) is 0.862. The minimum Gasteiger partial charge on any atom is -0.473 e. The maximum absolute atomic E-state index is 11.9. The number of furan rings is 1. The molecule has 1 saturated heterocycles. The largest absolute Gasteiger partial charge is 0.473 e. The number of piperazine rings is 1. The molecule has 0 saturated carbocycles. The average Bonchev–Trinajstić information content (AvgIpc) is 3.25. The summed E-state index contributed by atoms with van der Waals surface area (Å²) < 4.78 is 22.7. The van der Waals surface area contributed by atoms with Crippen LogP contribution in [-0.2, 0) is 27.9 Å². The number of amides is 1. The average molecular weight is 447 g/mol. The van der Waals surface area contributed by atoms with Crippen LogP contribution in [0.4, 0.5) is 0 Å². The van der Waals surface area contributed by atoms with Crippen LogP contribution in [0.15, 0.2) is 53.3 Å². The SMILES string of the molecule is CN1CCN(Cc2ccnc(OC/C=C\CNC(=O)CS(=O)Cc3ccco3)c2)CC1. The molecule has 3 rings (SSSR count). The van der Waals surface area contributed by atoms with E-state index in [1.807, 2.05) is 18.2 Å². The van der Waals surface area contributed by atoms with E-state index < -0.39 is 10.8 Å². The van der Waals surface area contributed by atoms with Crippen LogP contribution in [0.25, 0.3) is 0 Å². The zero-order valence-electron chi connectivity index (χ0n) is 17.9. The summed E-state index contributed by atoms with van der Waals surface area (Å²) in [6, 6.07) is 7.48. The summed E-state index contributed by atoms with van der Waals surface area (Å²) in [5, 5.41) is 2.72. The van der Waals surface area contributed by atoms with Gasteiger partial charge in [0.2, 0.25) is 11.8 Å². The van der Waals surface area contributed by atoms with Gasteiger partial charge in [0.15, 0.2) is 0 Å². The predicted molar refractivity (Wildman–Crippen MR) is 120 cm³/mol. The quantitative estimate of drug-likeness (QED) is 0.522. The van der Waals surface area contributed by atoms with Gasteiger partial charge in [-0.05, 0) is 36.9 Å². The standard InChI is InChI=1S/C22H30N4O4S/c1-25-9-11-26(12-10-25)16-19-6-8-24-22(15-19)30-13-3-2-7-23-21(27)18-31(28)17-20-5-4-14-29-20/h2-6,8,14-15H,7,9-13,16-18H2,1H3,(H,23,27)/b3-2-. The van der Waals surface area contributed by atoms with Gasteiger partial charge in [-0.15, -0.1) is 0 Å². The fraction of sp³-hybridized carbons (Fsp3) is 0.455. The smallest absolute Gasteiger partial charge is 0.232 e. The molecule has 1 atom stereocenters.